The largest absolute Gasteiger partial charge is 0.449 e. The Labute approximate surface area is 439 Å². The average molecular weight is 1050 g/mol. The number of carbonyl (C=O) groups excluding carboxylic acids is 9. The van der Waals surface area contributed by atoms with Crippen molar-refractivity contribution in [3.8, 4) is 11.5 Å². The van der Waals surface area contributed by atoms with Crippen LogP contribution in [-0.2, 0) is 20.7 Å². The van der Waals surface area contributed by atoms with Gasteiger partial charge in [0.2, 0.25) is 5.78 Å². The van der Waals surface area contributed by atoms with E-state index in [0.717, 1.165) is 19.3 Å². The van der Waals surface area contributed by atoms with Gasteiger partial charge in [-0.25, -0.2) is 19.2 Å². The number of fused-ring (bicyclic) bond motifs is 4. The van der Waals surface area contributed by atoms with Crippen LogP contribution < -0.4 is 9.47 Å². The third kappa shape index (κ3) is 13.2. The minimum atomic E-state index is -0.602. The molecule has 3 fully saturated rings. The summed E-state index contributed by atoms with van der Waals surface area (Å²) in [5.41, 5.74) is 1.52. The monoisotopic (exact) mass is 1050 g/mol. The number of Topliss-reactive ketones (excluding diaryl/α,β-unsaturated/α-hetero) is 2. The molecule has 9 rings (SSSR count). The van der Waals surface area contributed by atoms with Gasteiger partial charge in [0.25, 0.3) is 0 Å². The molecule has 3 aliphatic heterocycles. The number of carbonyl (C=O) groups is 9. The van der Waals surface area contributed by atoms with Crippen LogP contribution in [0, 0.1) is 0 Å². The van der Waals surface area contributed by atoms with Crippen LogP contribution in [0.3, 0.4) is 0 Å². The summed E-state index contributed by atoms with van der Waals surface area (Å²) in [6, 6.07) is 15.2. The average Bonchev–Trinajstić information content (AvgIpc) is 4.04. The lowest BCUT2D eigenvalue weighted by Crippen LogP contribution is -2.52. The Morgan fingerprint density at radius 2 is 0.973 bits per heavy atom. The Morgan fingerprint density at radius 3 is 1.45 bits per heavy atom. The summed E-state index contributed by atoms with van der Waals surface area (Å²) in [5, 5.41) is 0.769. The summed E-state index contributed by atoms with van der Waals surface area (Å²) in [6.45, 7) is 18.1. The van der Waals surface area contributed by atoms with Gasteiger partial charge in [0, 0.05) is 117 Å². The first-order valence-electron chi connectivity index (χ1n) is 24.9. The number of nitrogens with zero attached hydrogens (tertiary/aromatic N) is 5. The van der Waals surface area contributed by atoms with Gasteiger partial charge in [-0.05, 0) is 91.5 Å². The number of ketones is 4. The van der Waals surface area contributed by atoms with E-state index < -0.39 is 34.8 Å². The van der Waals surface area contributed by atoms with Gasteiger partial charge in [-0.15, -0.1) is 0 Å². The highest BCUT2D eigenvalue weighted by molar-refractivity contribution is 6.62. The predicted molar refractivity (Wildman–Crippen MR) is 276 cm³/mol. The molecule has 3 aromatic carbocycles. The van der Waals surface area contributed by atoms with E-state index in [9.17, 15) is 43.2 Å². The van der Waals surface area contributed by atoms with Gasteiger partial charge in [-0.1, -0.05) is 48.5 Å². The van der Waals surface area contributed by atoms with Crippen molar-refractivity contribution in [2.45, 2.75) is 92.3 Å². The van der Waals surface area contributed by atoms with Crippen molar-refractivity contribution in [2.24, 2.45) is 0 Å². The van der Waals surface area contributed by atoms with Crippen LogP contribution in [0.5, 0.6) is 11.5 Å². The third-order valence-corrected chi connectivity index (χ3v) is 12.9. The molecule has 5 aliphatic rings. The second kappa shape index (κ2) is 22.9. The number of rotatable bonds is 4. The Bertz CT molecular complexity index is 2910. The number of benzene rings is 3. The molecule has 0 N–H and O–H groups in total. The summed E-state index contributed by atoms with van der Waals surface area (Å²) >= 11 is 5.34. The fourth-order valence-electron chi connectivity index (χ4n) is 8.86. The zero-order valence-electron chi connectivity index (χ0n) is 43.5. The smallest absolute Gasteiger partial charge is 0.415 e. The molecule has 4 heterocycles. The topological polar surface area (TPSA) is 220 Å². The van der Waals surface area contributed by atoms with Crippen LogP contribution in [0.2, 0.25) is 0 Å². The second-order valence-electron chi connectivity index (χ2n) is 20.6. The number of amides is 5. The number of ether oxygens (including phenoxy) is 4. The molecule has 398 valence electrons. The molecule has 0 radical (unpaired) electrons. The first-order chi connectivity index (χ1) is 35.4. The van der Waals surface area contributed by atoms with Gasteiger partial charge in [0.05, 0.1) is 5.56 Å². The second-order valence-corrected chi connectivity index (χ2v) is 20.9. The zero-order valence-corrected chi connectivity index (χ0v) is 44.3. The lowest BCUT2D eigenvalue weighted by molar-refractivity contribution is -0.113. The van der Waals surface area contributed by atoms with E-state index in [4.69, 9.17) is 35.0 Å². The number of hydrogen-bond donors (Lipinski definition) is 0. The van der Waals surface area contributed by atoms with E-state index in [2.05, 4.69) is 0 Å². The number of allylic oxidation sites excluding steroid dienone is 1. The van der Waals surface area contributed by atoms with Gasteiger partial charge < -0.3 is 47.9 Å². The van der Waals surface area contributed by atoms with Crippen molar-refractivity contribution in [3.63, 3.8) is 0 Å². The van der Waals surface area contributed by atoms with Crippen LogP contribution in [0.4, 0.5) is 24.0 Å². The summed E-state index contributed by atoms with van der Waals surface area (Å²) < 4.78 is 27.9. The van der Waals surface area contributed by atoms with Gasteiger partial charge in [-0.3, -0.25) is 24.0 Å². The summed E-state index contributed by atoms with van der Waals surface area (Å²) in [6.07, 6.45) is 3.24. The van der Waals surface area contributed by atoms with Crippen LogP contribution in [-0.4, -0.2) is 154 Å². The molecular formula is C55H62ClN5O14. The molecule has 19 nitrogen and oxygen atoms in total. The number of furan rings is 1. The van der Waals surface area contributed by atoms with Gasteiger partial charge in [0.1, 0.15) is 22.7 Å². The van der Waals surface area contributed by atoms with Crippen LogP contribution >= 0.6 is 11.6 Å². The third-order valence-electron chi connectivity index (χ3n) is 12.7. The maximum Gasteiger partial charge on any atom is 0.415 e. The minimum absolute atomic E-state index is 0.0366. The lowest BCUT2D eigenvalue weighted by Gasteiger charge is -2.35. The molecule has 75 heavy (non-hydrogen) atoms. The minimum Gasteiger partial charge on any atom is -0.449 e. The SMILES string of the molecule is CC(=O)C1=Cc2c(c(OC(=O)N3CCN(C(=O)OC(C)(C)C)CC3)c3ccccc3c2OC(=O)N2CCCCC2)C1.CC(=O)c1cc2c(o1)C(=O)c1ccccc1C2=O.CC(C)(C)OC(=O)N1CCN(C(=O)Cl)CC1. The number of hydrogen-bond acceptors (Lipinski definition) is 14. The highest BCUT2D eigenvalue weighted by Gasteiger charge is 2.36. The Hall–Kier alpha value is -7.54. The Balaban J connectivity index is 0.000000197. The van der Waals surface area contributed by atoms with Crippen LogP contribution in [0.15, 0.2) is 64.6 Å². The predicted octanol–water partition coefficient (Wildman–Crippen LogP) is 9.56. The Kier molecular flexibility index (Phi) is 16.9. The van der Waals surface area contributed by atoms with E-state index in [0.29, 0.717) is 116 Å². The first-order valence-corrected chi connectivity index (χ1v) is 25.2. The van der Waals surface area contributed by atoms with Crippen molar-refractivity contribution >= 4 is 81.3 Å². The molecule has 5 amide bonds. The van der Waals surface area contributed by atoms with Crippen molar-refractivity contribution in [3.05, 3.63) is 99.5 Å². The van der Waals surface area contributed by atoms with E-state index in [1.165, 1.54) is 24.8 Å². The zero-order chi connectivity index (χ0) is 54.5. The molecule has 1 aromatic heterocycles. The summed E-state index contributed by atoms with van der Waals surface area (Å²) in [7, 11) is 0. The normalized spacial score (nSPS) is 16.2. The molecule has 0 unspecified atom stereocenters. The maximum atomic E-state index is 13.4. The van der Waals surface area contributed by atoms with Gasteiger partial charge in [-0.2, -0.15) is 0 Å². The van der Waals surface area contributed by atoms with Crippen molar-refractivity contribution < 1.29 is 66.5 Å². The number of halogens is 1. The van der Waals surface area contributed by atoms with Crippen LogP contribution in [0.25, 0.3) is 16.8 Å². The lowest BCUT2D eigenvalue weighted by atomic mass is 9.88. The van der Waals surface area contributed by atoms with Crippen molar-refractivity contribution in [1.29, 1.82) is 0 Å². The van der Waals surface area contributed by atoms with E-state index in [-0.39, 0.29) is 52.7 Å². The fourth-order valence-corrected chi connectivity index (χ4v) is 9.03. The highest BCUT2D eigenvalue weighted by atomic mass is 35.5. The molecule has 0 spiro atoms. The number of likely N-dealkylation sites (tertiary alicyclic amines) is 1. The molecule has 0 saturated carbocycles. The van der Waals surface area contributed by atoms with Crippen molar-refractivity contribution in [1.82, 2.24) is 24.5 Å². The fraction of sp³-hybridized carbons (Fsp3) is 0.436. The number of piperidine rings is 1. The van der Waals surface area contributed by atoms with Crippen molar-refractivity contribution in [2.75, 3.05) is 65.4 Å². The summed E-state index contributed by atoms with van der Waals surface area (Å²) in [4.78, 5) is 117. The summed E-state index contributed by atoms with van der Waals surface area (Å²) in [5.74, 6) is -0.334. The molecule has 2 aliphatic carbocycles. The molecule has 4 aromatic rings. The quantitative estimate of drug-likeness (QED) is 0.0930. The molecule has 0 bridgehead atoms. The maximum absolute atomic E-state index is 13.4. The first kappa shape index (κ1) is 55.2. The van der Waals surface area contributed by atoms with Gasteiger partial charge in [0.15, 0.2) is 28.9 Å². The molecule has 0 atom stereocenters. The van der Waals surface area contributed by atoms with E-state index >= 15 is 0 Å². The Morgan fingerprint density at radius 1 is 0.533 bits per heavy atom. The van der Waals surface area contributed by atoms with E-state index in [1.54, 1.807) is 49.9 Å². The van der Waals surface area contributed by atoms with Crippen LogP contribution in [0.1, 0.15) is 128 Å². The molecule has 20 heteroatoms. The van der Waals surface area contributed by atoms with E-state index in [1.807, 2.05) is 65.8 Å². The number of piperazine rings is 2. The standard InChI is InChI=1S/C31H37N3O7.C14H8O4.C10H17ClN2O3/c1-20(35)21-18-24-25(19-21)27(40-29(37)33-14-16-34(17-15-33)30(38)41-31(2,3)4)23-11-7-6-10-22(23)26(24)39-28(36)32-12-8-5-9-13-32;1-7(15)11-6-10-12(16)8-4-2-3-5-9(8)13(17)14(10)18-11;1-10(2,3)16-9(15)13-6-4-12(5-7-13)8(11)14/h6-7,10-11,18H,5,8-9,12-17,19H2,1-4H3;2-6H,1H3;4-7H2,1-3H3. The molecular weight excluding hydrogens is 990 g/mol. The van der Waals surface area contributed by atoms with Gasteiger partial charge >= 0.3 is 29.7 Å². The highest BCUT2D eigenvalue weighted by Crippen LogP contribution is 2.46. The molecule has 3 saturated heterocycles.